The van der Waals surface area contributed by atoms with Gasteiger partial charge in [0.25, 0.3) is 5.91 Å². The lowest BCUT2D eigenvalue weighted by Gasteiger charge is -2.34. The second-order valence-electron chi connectivity index (χ2n) is 11.7. The van der Waals surface area contributed by atoms with Crippen LogP contribution in [0.1, 0.15) is 66.1 Å². The van der Waals surface area contributed by atoms with Crippen LogP contribution in [-0.4, -0.2) is 45.8 Å². The minimum atomic E-state index is -0.995. The molecule has 1 heterocycles. The Morgan fingerprint density at radius 2 is 1.77 bits per heavy atom. The molecule has 0 spiro atoms. The number of nitrogens with zero attached hydrogens (tertiary/aromatic N) is 2. The maximum absolute atomic E-state index is 14.3. The van der Waals surface area contributed by atoms with Crippen LogP contribution in [0, 0.1) is 17.6 Å². The van der Waals surface area contributed by atoms with E-state index in [-0.39, 0.29) is 18.6 Å². The molecule has 1 aromatic heterocycles. The highest BCUT2D eigenvalue weighted by Gasteiger charge is 2.34. The Labute approximate surface area is 271 Å². The predicted molar refractivity (Wildman–Crippen MR) is 173 cm³/mol. The molecule has 47 heavy (non-hydrogen) atoms. The predicted octanol–water partition coefficient (Wildman–Crippen LogP) is 5.45. The Balaban J connectivity index is 2.30. The van der Waals surface area contributed by atoms with Gasteiger partial charge in [-0.1, -0.05) is 48.6 Å². The minimum absolute atomic E-state index is 0.0532. The Morgan fingerprint density at radius 3 is 2.34 bits per heavy atom. The van der Waals surface area contributed by atoms with Gasteiger partial charge in [-0.05, 0) is 39.3 Å². The van der Waals surface area contributed by atoms with Gasteiger partial charge in [0.15, 0.2) is 17.2 Å². The van der Waals surface area contributed by atoms with Crippen molar-refractivity contribution in [1.82, 2.24) is 9.99 Å². The molecule has 2 amide bonds. The van der Waals surface area contributed by atoms with Gasteiger partial charge in [-0.25, -0.2) is 23.3 Å². The Hall–Kier alpha value is -5.10. The van der Waals surface area contributed by atoms with Crippen molar-refractivity contribution >= 4 is 17.8 Å². The van der Waals surface area contributed by atoms with Gasteiger partial charge in [0.1, 0.15) is 29.4 Å². The van der Waals surface area contributed by atoms with Crippen LogP contribution in [0.2, 0.25) is 0 Å². The van der Waals surface area contributed by atoms with Crippen molar-refractivity contribution in [2.45, 2.75) is 58.9 Å². The molecular weight excluding hydrogens is 612 g/mol. The molecule has 0 aliphatic heterocycles. The van der Waals surface area contributed by atoms with Crippen LogP contribution < -0.4 is 20.5 Å². The molecule has 0 aliphatic carbocycles. The summed E-state index contributed by atoms with van der Waals surface area (Å²) in [4.78, 5) is 55.2. The van der Waals surface area contributed by atoms with Crippen LogP contribution in [0.4, 0.5) is 13.6 Å². The van der Waals surface area contributed by atoms with E-state index in [1.165, 1.54) is 12.2 Å². The number of carbonyl (C=O) groups excluding carboxylic acids is 3. The van der Waals surface area contributed by atoms with Crippen LogP contribution in [0.5, 0.6) is 5.75 Å². The number of aromatic nitrogens is 1. The third kappa shape index (κ3) is 9.46. The van der Waals surface area contributed by atoms with Gasteiger partial charge in [0.2, 0.25) is 5.43 Å². The number of aliphatic hydroxyl groups excluding tert-OH is 1. The van der Waals surface area contributed by atoms with Crippen molar-refractivity contribution in [2.24, 2.45) is 5.92 Å². The number of benzene rings is 2. The Morgan fingerprint density at radius 1 is 1.09 bits per heavy atom. The number of Topliss-reactive ketones (excluding diaryl/α,β-unsaturated/α-hetero) is 1. The summed E-state index contributed by atoms with van der Waals surface area (Å²) < 4.78 is 40.4. The van der Waals surface area contributed by atoms with E-state index >= 15 is 0 Å². The molecule has 2 aromatic carbocycles. The molecule has 3 rings (SSSR count). The van der Waals surface area contributed by atoms with E-state index in [0.29, 0.717) is 11.6 Å². The second-order valence-corrected chi connectivity index (χ2v) is 11.7. The van der Waals surface area contributed by atoms with E-state index in [4.69, 9.17) is 9.47 Å². The standard InChI is InChI=1S/C35H39F2N3O7/c1-7-22(3)40(34(45)47-35(4,5)6)39-19-27(33(44)38-18-25-14-15-26(36)17-28(25)37)31(43)32(46-21-24-12-10-9-11-13-24)30(39)29(42)16-23(8-2)20-41/h7-15,17,19,22-23,41H,1-2,16,18,20-21H2,3-6H3,(H,38,44)/t22?,23-/m1/s1. The lowest BCUT2D eigenvalue weighted by atomic mass is 10.0. The summed E-state index contributed by atoms with van der Waals surface area (Å²) in [5.74, 6) is -4.69. The Kier molecular flexibility index (Phi) is 12.3. The zero-order chi connectivity index (χ0) is 34.9. The summed E-state index contributed by atoms with van der Waals surface area (Å²) >= 11 is 0. The number of hydrogen-bond donors (Lipinski definition) is 2. The van der Waals surface area contributed by atoms with Crippen molar-refractivity contribution in [3.63, 3.8) is 0 Å². The highest BCUT2D eigenvalue weighted by Crippen LogP contribution is 2.24. The lowest BCUT2D eigenvalue weighted by molar-refractivity contribution is 0.0525. The third-order valence-electron chi connectivity index (χ3n) is 6.89. The summed E-state index contributed by atoms with van der Waals surface area (Å²) in [6.45, 7) is 12.8. The minimum Gasteiger partial charge on any atom is -0.483 e. The molecule has 0 fully saturated rings. The summed E-state index contributed by atoms with van der Waals surface area (Å²) in [5, 5.41) is 13.2. The summed E-state index contributed by atoms with van der Waals surface area (Å²) in [5.41, 5.74) is -2.36. The van der Waals surface area contributed by atoms with E-state index in [1.54, 1.807) is 58.0 Å². The number of pyridine rings is 1. The van der Waals surface area contributed by atoms with E-state index in [9.17, 15) is 33.1 Å². The van der Waals surface area contributed by atoms with Gasteiger partial charge in [0, 0.05) is 43.3 Å². The fourth-order valence-electron chi connectivity index (χ4n) is 4.38. The monoisotopic (exact) mass is 651 g/mol. The van der Waals surface area contributed by atoms with Crippen molar-refractivity contribution in [3.8, 4) is 5.75 Å². The maximum atomic E-state index is 14.3. The number of carbonyl (C=O) groups is 3. The zero-order valence-electron chi connectivity index (χ0n) is 26.8. The van der Waals surface area contributed by atoms with Crippen LogP contribution in [-0.2, 0) is 17.9 Å². The van der Waals surface area contributed by atoms with E-state index in [1.807, 2.05) is 0 Å². The summed E-state index contributed by atoms with van der Waals surface area (Å²) in [6.07, 6.45) is 2.48. The van der Waals surface area contributed by atoms with Gasteiger partial charge in [-0.15, -0.1) is 13.2 Å². The fourth-order valence-corrected chi connectivity index (χ4v) is 4.38. The highest BCUT2D eigenvalue weighted by molar-refractivity contribution is 6.00. The zero-order valence-corrected chi connectivity index (χ0v) is 26.8. The average molecular weight is 652 g/mol. The Bertz CT molecular complexity index is 1680. The van der Waals surface area contributed by atoms with Crippen LogP contribution in [0.3, 0.4) is 0 Å². The topological polar surface area (TPSA) is 127 Å². The quantitative estimate of drug-likeness (QED) is 0.175. The molecule has 0 radical (unpaired) electrons. The van der Waals surface area contributed by atoms with Crippen LogP contribution in [0.15, 0.2) is 84.8 Å². The van der Waals surface area contributed by atoms with Crippen LogP contribution >= 0.6 is 0 Å². The molecule has 0 aliphatic rings. The number of ether oxygens (including phenoxy) is 2. The molecule has 2 N–H and O–H groups in total. The molecule has 10 nitrogen and oxygen atoms in total. The SMILES string of the molecule is C=CC(C)N(C(=O)OC(C)(C)C)n1cc(C(=O)NCc2ccc(F)cc2F)c(=O)c(OCc2ccccc2)c1C(=O)C[C@@H](C=C)CO. The summed E-state index contributed by atoms with van der Waals surface area (Å²) in [6, 6.07) is 10.7. The molecule has 250 valence electrons. The van der Waals surface area contributed by atoms with Crippen molar-refractivity contribution in [1.29, 1.82) is 0 Å². The maximum Gasteiger partial charge on any atom is 0.430 e. The second kappa shape index (κ2) is 15.9. The molecule has 0 saturated carbocycles. The van der Waals surface area contributed by atoms with E-state index in [0.717, 1.165) is 28.0 Å². The first kappa shape index (κ1) is 36.4. The number of hydrogen-bond acceptors (Lipinski definition) is 7. The smallest absolute Gasteiger partial charge is 0.430 e. The summed E-state index contributed by atoms with van der Waals surface area (Å²) in [7, 11) is 0. The fraction of sp³-hybridized carbons (Fsp3) is 0.314. The normalized spacial score (nSPS) is 12.4. The van der Waals surface area contributed by atoms with Gasteiger partial charge >= 0.3 is 6.09 Å². The molecule has 2 atom stereocenters. The first-order valence-corrected chi connectivity index (χ1v) is 14.8. The van der Waals surface area contributed by atoms with Crippen molar-refractivity contribution in [2.75, 3.05) is 11.6 Å². The van der Waals surface area contributed by atoms with E-state index < -0.39 is 82.6 Å². The number of aliphatic hydroxyl groups is 1. The third-order valence-corrected chi connectivity index (χ3v) is 6.89. The molecular formula is C35H39F2N3O7. The van der Waals surface area contributed by atoms with Gasteiger partial charge in [0.05, 0.1) is 6.04 Å². The number of rotatable bonds is 14. The molecule has 0 saturated heterocycles. The van der Waals surface area contributed by atoms with Crippen molar-refractivity contribution in [3.05, 3.63) is 124 Å². The average Bonchev–Trinajstić information content (AvgIpc) is 3.02. The van der Waals surface area contributed by atoms with Gasteiger partial charge in [-0.2, -0.15) is 0 Å². The first-order chi connectivity index (χ1) is 22.2. The highest BCUT2D eigenvalue weighted by atomic mass is 19.1. The molecule has 3 aromatic rings. The van der Waals surface area contributed by atoms with Crippen LogP contribution in [0.25, 0.3) is 0 Å². The number of amides is 2. The lowest BCUT2D eigenvalue weighted by Crippen LogP contribution is -2.51. The molecule has 0 bridgehead atoms. The molecule has 12 heteroatoms. The first-order valence-electron chi connectivity index (χ1n) is 14.8. The van der Waals surface area contributed by atoms with Crippen molar-refractivity contribution < 1.29 is 37.7 Å². The van der Waals surface area contributed by atoms with Gasteiger partial charge in [-0.3, -0.25) is 14.4 Å². The van der Waals surface area contributed by atoms with Gasteiger partial charge < -0.3 is 19.9 Å². The number of ketones is 1. The number of halogens is 2. The molecule has 1 unspecified atom stereocenters. The number of nitrogens with one attached hydrogen (secondary N) is 1. The largest absolute Gasteiger partial charge is 0.483 e. The van der Waals surface area contributed by atoms with E-state index in [2.05, 4.69) is 18.5 Å².